The van der Waals surface area contributed by atoms with E-state index in [0.29, 0.717) is 17.0 Å². The Morgan fingerprint density at radius 2 is 0.806 bits per heavy atom. The fourth-order valence-corrected chi connectivity index (χ4v) is 7.27. The summed E-state index contributed by atoms with van der Waals surface area (Å²) in [6.07, 6.45) is 1.93. The Kier molecular flexibility index (Phi) is 14.1. The van der Waals surface area contributed by atoms with Gasteiger partial charge in [0.05, 0.1) is 28.1 Å². The van der Waals surface area contributed by atoms with E-state index in [1.807, 2.05) is 128 Å². The van der Waals surface area contributed by atoms with Crippen molar-refractivity contribution in [3.63, 3.8) is 0 Å². The van der Waals surface area contributed by atoms with Gasteiger partial charge in [-0.2, -0.15) is 0 Å². The zero-order valence-corrected chi connectivity index (χ0v) is 36.4. The number of para-hydroxylation sites is 1. The lowest BCUT2D eigenvalue weighted by Gasteiger charge is -2.12. The van der Waals surface area contributed by atoms with Crippen LogP contribution in [0.3, 0.4) is 0 Å². The average molecular weight is 872 g/mol. The van der Waals surface area contributed by atoms with Crippen molar-refractivity contribution in [1.82, 2.24) is 19.9 Å². The lowest BCUT2D eigenvalue weighted by atomic mass is 9.98. The number of hydrogen-bond donors (Lipinski definition) is 3. The number of benzene rings is 8. The number of aromatic nitrogens is 4. The van der Waals surface area contributed by atoms with Gasteiger partial charge in [-0.25, -0.2) is 19.9 Å². The third-order valence-electron chi connectivity index (χ3n) is 10.7. The topological polar surface area (TPSA) is 164 Å². The predicted molar refractivity (Wildman–Crippen MR) is 273 cm³/mol. The number of carbonyl (C=O) groups is 2. The number of pyridine rings is 2. The molecule has 6 N–H and O–H groups in total. The summed E-state index contributed by atoms with van der Waals surface area (Å²) < 4.78 is 0. The van der Waals surface area contributed by atoms with E-state index in [2.05, 4.69) is 65.6 Å². The van der Waals surface area contributed by atoms with Crippen LogP contribution < -0.4 is 17.2 Å². The minimum Gasteiger partial charge on any atom is -0.397 e. The first-order valence-electron chi connectivity index (χ1n) is 21.5. The molecule has 3 heterocycles. The van der Waals surface area contributed by atoms with E-state index >= 15 is 0 Å². The summed E-state index contributed by atoms with van der Waals surface area (Å²) >= 11 is 0. The molecule has 0 aliphatic heterocycles. The Hall–Kier alpha value is -9.34. The second-order valence-electron chi connectivity index (χ2n) is 15.2. The molecule has 11 aromatic rings. The van der Waals surface area contributed by atoms with Gasteiger partial charge < -0.3 is 17.2 Å². The molecule has 9 heteroatoms. The van der Waals surface area contributed by atoms with Gasteiger partial charge in [0.2, 0.25) is 11.8 Å². The van der Waals surface area contributed by atoms with E-state index in [-0.39, 0.29) is 11.8 Å². The van der Waals surface area contributed by atoms with Gasteiger partial charge in [-0.1, -0.05) is 182 Å². The van der Waals surface area contributed by atoms with Gasteiger partial charge in [0.1, 0.15) is 5.52 Å². The molecule has 324 valence electrons. The normalized spacial score (nSPS) is 10.4. The Balaban J connectivity index is 0.000000144. The second-order valence-corrected chi connectivity index (χ2v) is 15.2. The molecule has 0 spiro atoms. The minimum absolute atomic E-state index is 0.379. The number of anilines is 1. The summed E-state index contributed by atoms with van der Waals surface area (Å²) in [5.41, 5.74) is 27.7. The van der Waals surface area contributed by atoms with Crippen LogP contribution in [0.25, 0.3) is 77.7 Å². The highest BCUT2D eigenvalue weighted by atomic mass is 16.1. The van der Waals surface area contributed by atoms with Crippen LogP contribution in [0, 0.1) is 0 Å². The SMILES string of the molecule is NC(=O)c1ccccc1.NC(=O)c1ccccc1.Nc1cccc2ccc(-c3ccccc3)nc12.c1ccc(-c2ccc3cc(-c4ccccc4)c4cnc(-c5ccccc5)nc4c3n2)cc1. The third-order valence-corrected chi connectivity index (χ3v) is 10.7. The number of nitrogens with two attached hydrogens (primary N) is 3. The molecule has 11 rings (SSSR count). The zero-order valence-electron chi connectivity index (χ0n) is 36.4. The lowest BCUT2D eigenvalue weighted by molar-refractivity contribution is 0.0992. The maximum atomic E-state index is 10.4. The highest BCUT2D eigenvalue weighted by Gasteiger charge is 2.14. The number of amides is 2. The first kappa shape index (κ1) is 44.3. The predicted octanol–water partition coefficient (Wildman–Crippen LogP) is 12.2. The van der Waals surface area contributed by atoms with Crippen molar-refractivity contribution >= 4 is 50.2 Å². The summed E-state index contributed by atoms with van der Waals surface area (Å²) in [5, 5.41) is 3.14. The maximum absolute atomic E-state index is 10.4. The summed E-state index contributed by atoms with van der Waals surface area (Å²) in [5.74, 6) is -0.0530. The number of primary amides is 2. The molecule has 3 aromatic heterocycles. The summed E-state index contributed by atoms with van der Waals surface area (Å²) in [4.78, 5) is 40.3. The van der Waals surface area contributed by atoms with Crippen LogP contribution in [-0.2, 0) is 0 Å². The summed E-state index contributed by atoms with van der Waals surface area (Å²) in [6.45, 7) is 0. The monoisotopic (exact) mass is 871 g/mol. The van der Waals surface area contributed by atoms with E-state index in [0.717, 1.165) is 77.6 Å². The van der Waals surface area contributed by atoms with Crippen LogP contribution in [-0.4, -0.2) is 31.8 Å². The maximum Gasteiger partial charge on any atom is 0.248 e. The van der Waals surface area contributed by atoms with Crippen LogP contribution in [0.15, 0.2) is 237 Å². The van der Waals surface area contributed by atoms with Crippen LogP contribution in [0.5, 0.6) is 0 Å². The van der Waals surface area contributed by atoms with Gasteiger partial charge in [-0.15, -0.1) is 0 Å². The van der Waals surface area contributed by atoms with E-state index in [4.69, 9.17) is 32.2 Å². The smallest absolute Gasteiger partial charge is 0.248 e. The standard InChI is InChI=1S/C29H19N3.C15H12N2.2C7H7NO/c1-4-10-20(11-5-1)24-18-23-16-17-26(21-12-6-2-7-13-21)31-27(23)28-25(24)19-30-29(32-28)22-14-8-3-9-15-22;16-13-8-4-7-12-9-10-14(17-15(12)13)11-5-2-1-3-6-11;2*8-7(9)6-4-2-1-3-5-6/h1-19H;1-10H,16H2;2*1-5H,(H2,8,9). The second kappa shape index (κ2) is 21.4. The van der Waals surface area contributed by atoms with Crippen molar-refractivity contribution in [2.24, 2.45) is 11.5 Å². The van der Waals surface area contributed by atoms with Crippen molar-refractivity contribution in [3.8, 4) is 45.0 Å². The van der Waals surface area contributed by atoms with Gasteiger partial charge in [-0.3, -0.25) is 9.59 Å². The number of carbonyl (C=O) groups excluding carboxylic acids is 2. The molecule has 8 aromatic carbocycles. The van der Waals surface area contributed by atoms with Gasteiger partial charge in [-0.05, 0) is 59.7 Å². The largest absolute Gasteiger partial charge is 0.397 e. The third kappa shape index (κ3) is 11.1. The number of nitrogen functional groups attached to an aromatic ring is 1. The number of hydrogen-bond acceptors (Lipinski definition) is 7. The quantitative estimate of drug-likeness (QED) is 0.111. The van der Waals surface area contributed by atoms with E-state index < -0.39 is 0 Å². The Morgan fingerprint density at radius 3 is 1.28 bits per heavy atom. The average Bonchev–Trinajstić information content (AvgIpc) is 3.40. The fraction of sp³-hybridized carbons (Fsp3) is 0. The number of rotatable bonds is 6. The van der Waals surface area contributed by atoms with E-state index in [9.17, 15) is 9.59 Å². The van der Waals surface area contributed by atoms with Crippen molar-refractivity contribution in [2.75, 3.05) is 5.73 Å². The van der Waals surface area contributed by atoms with Crippen LogP contribution in [0.1, 0.15) is 20.7 Å². The molecule has 67 heavy (non-hydrogen) atoms. The fourth-order valence-electron chi connectivity index (χ4n) is 7.27. The molecule has 2 amide bonds. The van der Waals surface area contributed by atoms with Crippen molar-refractivity contribution in [2.45, 2.75) is 0 Å². The van der Waals surface area contributed by atoms with Crippen molar-refractivity contribution in [1.29, 1.82) is 0 Å². The molecule has 0 radical (unpaired) electrons. The molecule has 0 bridgehead atoms. The van der Waals surface area contributed by atoms with Crippen molar-refractivity contribution in [3.05, 3.63) is 248 Å². The van der Waals surface area contributed by atoms with Crippen molar-refractivity contribution < 1.29 is 9.59 Å². The first-order chi connectivity index (χ1) is 32.8. The first-order valence-corrected chi connectivity index (χ1v) is 21.5. The minimum atomic E-state index is -0.379. The highest BCUT2D eigenvalue weighted by Crippen LogP contribution is 2.35. The Bertz CT molecular complexity index is 3350. The zero-order chi connectivity index (χ0) is 46.4. The van der Waals surface area contributed by atoms with Crippen LogP contribution in [0.4, 0.5) is 5.69 Å². The molecule has 9 nitrogen and oxygen atoms in total. The highest BCUT2D eigenvalue weighted by molar-refractivity contribution is 6.10. The molecule has 0 unspecified atom stereocenters. The molecule has 0 aliphatic carbocycles. The van der Waals surface area contributed by atoms with Gasteiger partial charge in [0, 0.05) is 50.2 Å². The Labute approximate surface area is 388 Å². The molecule has 0 atom stereocenters. The van der Waals surface area contributed by atoms with E-state index in [1.165, 1.54) is 0 Å². The molecule has 0 saturated heterocycles. The van der Waals surface area contributed by atoms with E-state index in [1.54, 1.807) is 48.5 Å². The summed E-state index contributed by atoms with van der Waals surface area (Å²) in [6, 6.07) is 74.7. The van der Waals surface area contributed by atoms with Gasteiger partial charge in [0.25, 0.3) is 0 Å². The van der Waals surface area contributed by atoms with Gasteiger partial charge >= 0.3 is 0 Å². The molecule has 0 saturated carbocycles. The van der Waals surface area contributed by atoms with Crippen LogP contribution >= 0.6 is 0 Å². The molecule has 0 fully saturated rings. The molecular weight excluding hydrogens is 827 g/mol. The Morgan fingerprint density at radius 1 is 0.373 bits per heavy atom. The number of fused-ring (bicyclic) bond motifs is 4. The molecule has 0 aliphatic rings. The van der Waals surface area contributed by atoms with Crippen LogP contribution in [0.2, 0.25) is 0 Å². The summed E-state index contributed by atoms with van der Waals surface area (Å²) in [7, 11) is 0. The molecular formula is C58H45N7O2. The number of nitrogens with zero attached hydrogens (tertiary/aromatic N) is 4. The van der Waals surface area contributed by atoms with Gasteiger partial charge in [0.15, 0.2) is 5.82 Å². The lowest BCUT2D eigenvalue weighted by Crippen LogP contribution is -2.09.